The first-order valence-corrected chi connectivity index (χ1v) is 10.6. The van der Waals surface area contributed by atoms with E-state index in [1.54, 1.807) is 11.9 Å². The SMILES string of the molecule is COC(=O)CCN(CC(C)C)C(=O)c1cc(S(=O)(=O)N2CCCC2)cn1C. The maximum atomic E-state index is 13.0. The largest absolute Gasteiger partial charge is 0.469 e. The first-order valence-electron chi connectivity index (χ1n) is 9.19. The van der Waals surface area contributed by atoms with Crippen molar-refractivity contribution in [2.75, 3.05) is 33.3 Å². The molecule has 1 saturated heterocycles. The summed E-state index contributed by atoms with van der Waals surface area (Å²) >= 11 is 0. The van der Waals surface area contributed by atoms with Crippen LogP contribution in [0, 0.1) is 5.92 Å². The molecule has 1 aromatic rings. The van der Waals surface area contributed by atoms with Crippen molar-refractivity contribution < 1.29 is 22.7 Å². The molecule has 9 heteroatoms. The summed E-state index contributed by atoms with van der Waals surface area (Å²) in [6.07, 6.45) is 3.29. The Hall–Kier alpha value is -1.87. The van der Waals surface area contributed by atoms with Crippen molar-refractivity contribution in [3.8, 4) is 0 Å². The van der Waals surface area contributed by atoms with Crippen LogP contribution >= 0.6 is 0 Å². The smallest absolute Gasteiger partial charge is 0.307 e. The van der Waals surface area contributed by atoms with Gasteiger partial charge in [-0.25, -0.2) is 8.42 Å². The summed E-state index contributed by atoms with van der Waals surface area (Å²) < 4.78 is 33.2. The predicted molar refractivity (Wildman–Crippen MR) is 101 cm³/mol. The molecule has 0 N–H and O–H groups in total. The molecule has 2 heterocycles. The van der Waals surface area contributed by atoms with Gasteiger partial charge in [0.05, 0.1) is 13.5 Å². The normalized spacial score (nSPS) is 15.3. The second kappa shape index (κ2) is 8.88. The molecule has 1 aromatic heterocycles. The molecule has 1 aliphatic heterocycles. The summed E-state index contributed by atoms with van der Waals surface area (Å²) in [6.45, 7) is 5.68. The molecule has 8 nitrogen and oxygen atoms in total. The van der Waals surface area contributed by atoms with E-state index in [0.717, 1.165) is 12.8 Å². The van der Waals surface area contributed by atoms with Gasteiger partial charge in [0, 0.05) is 39.4 Å². The zero-order valence-corrected chi connectivity index (χ0v) is 17.3. The molecule has 0 spiro atoms. The van der Waals surface area contributed by atoms with Gasteiger partial charge in [0.15, 0.2) is 0 Å². The van der Waals surface area contributed by atoms with Crippen LogP contribution in [0.2, 0.25) is 0 Å². The molecular weight excluding hydrogens is 370 g/mol. The first-order chi connectivity index (χ1) is 12.7. The third-order valence-corrected chi connectivity index (χ3v) is 6.45. The van der Waals surface area contributed by atoms with E-state index in [-0.39, 0.29) is 35.7 Å². The highest BCUT2D eigenvalue weighted by Crippen LogP contribution is 2.23. The molecule has 1 fully saturated rings. The Bertz CT molecular complexity index is 779. The van der Waals surface area contributed by atoms with Crippen LogP contribution in [0.15, 0.2) is 17.2 Å². The number of aromatic nitrogens is 1. The van der Waals surface area contributed by atoms with Crippen LogP contribution in [-0.4, -0.2) is 67.4 Å². The summed E-state index contributed by atoms with van der Waals surface area (Å²) in [5, 5.41) is 0. The molecule has 152 valence electrons. The van der Waals surface area contributed by atoms with Crippen LogP contribution in [0.4, 0.5) is 0 Å². The van der Waals surface area contributed by atoms with E-state index in [4.69, 9.17) is 0 Å². The van der Waals surface area contributed by atoms with Crippen molar-refractivity contribution in [2.45, 2.75) is 38.0 Å². The first kappa shape index (κ1) is 21.4. The number of aryl methyl sites for hydroxylation is 1. The van der Waals surface area contributed by atoms with Crippen LogP contribution < -0.4 is 0 Å². The number of esters is 1. The third-order valence-electron chi connectivity index (χ3n) is 4.59. The van der Waals surface area contributed by atoms with Gasteiger partial charge in [0.2, 0.25) is 10.0 Å². The third kappa shape index (κ3) is 5.10. The number of amides is 1. The number of hydrogen-bond donors (Lipinski definition) is 0. The number of methoxy groups -OCH3 is 1. The second-order valence-electron chi connectivity index (χ2n) is 7.25. The summed E-state index contributed by atoms with van der Waals surface area (Å²) in [4.78, 5) is 26.2. The second-order valence-corrected chi connectivity index (χ2v) is 9.19. The van der Waals surface area contributed by atoms with Gasteiger partial charge >= 0.3 is 5.97 Å². The zero-order valence-electron chi connectivity index (χ0n) is 16.5. The Kier molecular flexibility index (Phi) is 7.05. The molecule has 1 aliphatic rings. The fourth-order valence-corrected chi connectivity index (χ4v) is 4.76. The molecule has 0 atom stereocenters. The lowest BCUT2D eigenvalue weighted by atomic mass is 10.2. The van der Waals surface area contributed by atoms with E-state index >= 15 is 0 Å². The summed E-state index contributed by atoms with van der Waals surface area (Å²) in [6, 6.07) is 1.43. The van der Waals surface area contributed by atoms with Crippen LogP contribution in [-0.2, 0) is 26.6 Å². The van der Waals surface area contributed by atoms with Crippen molar-refractivity contribution in [3.63, 3.8) is 0 Å². The molecule has 2 rings (SSSR count). The average Bonchev–Trinajstić information content (AvgIpc) is 3.27. The number of hydrogen-bond acceptors (Lipinski definition) is 5. The van der Waals surface area contributed by atoms with Crippen LogP contribution in [0.3, 0.4) is 0 Å². The summed E-state index contributed by atoms with van der Waals surface area (Å²) in [5.74, 6) is -0.474. The molecule has 1 amide bonds. The highest BCUT2D eigenvalue weighted by molar-refractivity contribution is 7.89. The number of carbonyl (C=O) groups excluding carboxylic acids is 2. The van der Waals surface area contributed by atoms with Gasteiger partial charge in [-0.3, -0.25) is 9.59 Å². The Morgan fingerprint density at radius 3 is 2.44 bits per heavy atom. The molecule has 0 aromatic carbocycles. The van der Waals surface area contributed by atoms with Gasteiger partial charge < -0.3 is 14.2 Å². The molecule has 0 saturated carbocycles. The number of nitrogens with zero attached hydrogens (tertiary/aromatic N) is 3. The Balaban J connectivity index is 2.25. The quantitative estimate of drug-likeness (QED) is 0.618. The van der Waals surface area contributed by atoms with E-state index in [1.807, 2.05) is 13.8 Å². The van der Waals surface area contributed by atoms with Crippen molar-refractivity contribution in [3.05, 3.63) is 18.0 Å². The minimum absolute atomic E-state index is 0.0956. The topological polar surface area (TPSA) is 88.9 Å². The van der Waals surface area contributed by atoms with Gasteiger partial charge in [-0.2, -0.15) is 4.31 Å². The van der Waals surface area contributed by atoms with Gasteiger partial charge in [0.25, 0.3) is 5.91 Å². The van der Waals surface area contributed by atoms with Gasteiger partial charge in [-0.1, -0.05) is 13.8 Å². The maximum Gasteiger partial charge on any atom is 0.307 e. The van der Waals surface area contributed by atoms with Crippen molar-refractivity contribution in [1.82, 2.24) is 13.8 Å². The van der Waals surface area contributed by atoms with Gasteiger partial charge in [0.1, 0.15) is 10.6 Å². The summed E-state index contributed by atoms with van der Waals surface area (Å²) in [5.41, 5.74) is 0.290. The highest BCUT2D eigenvalue weighted by atomic mass is 32.2. The standard InChI is InChI=1S/C18H29N3O5S/c1-14(2)12-20(10-7-17(22)26-4)18(23)16-11-15(13-19(16)3)27(24,25)21-8-5-6-9-21/h11,13-14H,5-10,12H2,1-4H3. The van der Waals surface area contributed by atoms with E-state index in [1.165, 1.54) is 28.2 Å². The molecule has 27 heavy (non-hydrogen) atoms. The Morgan fingerprint density at radius 2 is 1.89 bits per heavy atom. The maximum absolute atomic E-state index is 13.0. The monoisotopic (exact) mass is 399 g/mol. The molecule has 0 aliphatic carbocycles. The van der Waals surface area contributed by atoms with Crippen molar-refractivity contribution in [1.29, 1.82) is 0 Å². The fourth-order valence-electron chi connectivity index (χ4n) is 3.17. The van der Waals surface area contributed by atoms with Crippen molar-refractivity contribution >= 4 is 21.9 Å². The lowest BCUT2D eigenvalue weighted by Gasteiger charge is -2.24. The number of ether oxygens (including phenoxy) is 1. The predicted octanol–water partition coefficient (Wildman–Crippen LogP) is 1.47. The lowest BCUT2D eigenvalue weighted by molar-refractivity contribution is -0.140. The van der Waals surface area contributed by atoms with Gasteiger partial charge in [-0.15, -0.1) is 0 Å². The van der Waals surface area contributed by atoms with E-state index in [2.05, 4.69) is 4.74 Å². The minimum atomic E-state index is -3.58. The Morgan fingerprint density at radius 1 is 1.26 bits per heavy atom. The number of rotatable bonds is 8. The molecule has 0 radical (unpaired) electrons. The molecule has 0 bridgehead atoms. The van der Waals surface area contributed by atoms with E-state index in [0.29, 0.717) is 25.3 Å². The molecule has 0 unspecified atom stereocenters. The highest BCUT2D eigenvalue weighted by Gasteiger charge is 2.30. The van der Waals surface area contributed by atoms with Crippen LogP contribution in [0.5, 0.6) is 0 Å². The minimum Gasteiger partial charge on any atom is -0.469 e. The van der Waals surface area contributed by atoms with Crippen molar-refractivity contribution in [2.24, 2.45) is 13.0 Å². The van der Waals surface area contributed by atoms with E-state index in [9.17, 15) is 18.0 Å². The number of sulfonamides is 1. The fraction of sp³-hybridized carbons (Fsp3) is 0.667. The number of carbonyl (C=O) groups is 2. The van der Waals surface area contributed by atoms with Crippen LogP contribution in [0.1, 0.15) is 43.6 Å². The summed E-state index contributed by atoms with van der Waals surface area (Å²) in [7, 11) is -0.619. The van der Waals surface area contributed by atoms with Gasteiger partial charge in [-0.05, 0) is 24.8 Å². The zero-order chi connectivity index (χ0) is 20.2. The average molecular weight is 400 g/mol. The Labute approximate surface area is 161 Å². The lowest BCUT2D eigenvalue weighted by Crippen LogP contribution is -2.37. The molecular formula is C18H29N3O5S. The van der Waals surface area contributed by atoms with Crippen LogP contribution in [0.25, 0.3) is 0 Å². The van der Waals surface area contributed by atoms with E-state index < -0.39 is 10.0 Å².